The molecule has 2 aromatic carbocycles. The van der Waals surface area contributed by atoms with Crippen molar-refractivity contribution < 1.29 is 13.6 Å². The summed E-state index contributed by atoms with van der Waals surface area (Å²) >= 11 is 0. The van der Waals surface area contributed by atoms with Crippen molar-refractivity contribution in [2.24, 2.45) is 5.73 Å². The summed E-state index contributed by atoms with van der Waals surface area (Å²) in [5.74, 6) is -1.52. The molecule has 2 heterocycles. The number of nitrogens with zero attached hydrogens (tertiary/aromatic N) is 2. The monoisotopic (exact) mass is 394 g/mol. The van der Waals surface area contributed by atoms with Crippen LogP contribution in [0.15, 0.2) is 48.7 Å². The van der Waals surface area contributed by atoms with Gasteiger partial charge >= 0.3 is 0 Å². The maximum absolute atomic E-state index is 14.0. The van der Waals surface area contributed by atoms with Crippen LogP contribution in [0, 0.1) is 11.6 Å². The fraction of sp³-hybridized carbons (Fsp3) is 0.0500. The standard InChI is InChI=1S/C20H16F2N6O/c21-14-2-1-3-15(22)13(14)9-26-19-16-12(8-25-18(16)27-20(24)28-19)10-4-6-11(7-5-10)17(23)29/h1-8H,9H2,(H2,23,29)(H4,24,25,26,27,28). The number of benzene rings is 2. The molecular weight excluding hydrogens is 378 g/mol. The quantitative estimate of drug-likeness (QED) is 0.414. The number of halogens is 2. The second kappa shape index (κ2) is 7.19. The van der Waals surface area contributed by atoms with E-state index in [0.29, 0.717) is 22.4 Å². The fourth-order valence-electron chi connectivity index (χ4n) is 3.09. The lowest BCUT2D eigenvalue weighted by atomic mass is 10.0. The Morgan fingerprint density at radius 3 is 2.41 bits per heavy atom. The Hall–Kier alpha value is -4.01. The van der Waals surface area contributed by atoms with Crippen LogP contribution in [0.1, 0.15) is 15.9 Å². The molecule has 0 bridgehead atoms. The fourth-order valence-corrected chi connectivity index (χ4v) is 3.09. The van der Waals surface area contributed by atoms with Crippen molar-refractivity contribution in [1.29, 1.82) is 0 Å². The van der Waals surface area contributed by atoms with Gasteiger partial charge in [0.2, 0.25) is 11.9 Å². The third-order valence-corrected chi connectivity index (χ3v) is 4.52. The van der Waals surface area contributed by atoms with E-state index in [2.05, 4.69) is 20.3 Å². The lowest BCUT2D eigenvalue weighted by Gasteiger charge is -2.11. The second-order valence-corrected chi connectivity index (χ2v) is 6.35. The molecule has 0 fully saturated rings. The van der Waals surface area contributed by atoms with Crippen molar-refractivity contribution >= 4 is 28.7 Å². The Bertz CT molecular complexity index is 1200. The number of nitrogens with one attached hydrogen (secondary N) is 2. The summed E-state index contributed by atoms with van der Waals surface area (Å²) in [5.41, 5.74) is 13.3. The third-order valence-electron chi connectivity index (χ3n) is 4.52. The van der Waals surface area contributed by atoms with E-state index in [-0.39, 0.29) is 18.1 Å². The van der Waals surface area contributed by atoms with Crippen LogP contribution in [0.5, 0.6) is 0 Å². The Morgan fingerprint density at radius 1 is 1.07 bits per heavy atom. The van der Waals surface area contributed by atoms with E-state index in [9.17, 15) is 13.6 Å². The molecular formula is C20H16F2N6O. The van der Waals surface area contributed by atoms with Crippen molar-refractivity contribution in [3.05, 3.63) is 71.4 Å². The normalized spacial score (nSPS) is 11.0. The van der Waals surface area contributed by atoms with Gasteiger partial charge in [-0.1, -0.05) is 18.2 Å². The number of carbonyl (C=O) groups excluding carboxylic acids is 1. The zero-order chi connectivity index (χ0) is 20.5. The lowest BCUT2D eigenvalue weighted by Crippen LogP contribution is -2.10. The van der Waals surface area contributed by atoms with E-state index in [4.69, 9.17) is 11.5 Å². The van der Waals surface area contributed by atoms with Crippen molar-refractivity contribution in [2.45, 2.75) is 6.54 Å². The molecule has 0 atom stereocenters. The summed E-state index contributed by atoms with van der Waals surface area (Å²) in [7, 11) is 0. The number of rotatable bonds is 5. The van der Waals surface area contributed by atoms with Gasteiger partial charge in [0.15, 0.2) is 0 Å². The van der Waals surface area contributed by atoms with Crippen molar-refractivity contribution in [3.63, 3.8) is 0 Å². The van der Waals surface area contributed by atoms with Gasteiger partial charge in [0.05, 0.1) is 5.39 Å². The number of aromatic amines is 1. The number of hydrogen-bond acceptors (Lipinski definition) is 5. The molecule has 0 unspecified atom stereocenters. The van der Waals surface area contributed by atoms with E-state index in [1.165, 1.54) is 18.2 Å². The number of anilines is 2. The van der Waals surface area contributed by atoms with Gasteiger partial charge in [-0.3, -0.25) is 4.79 Å². The number of carbonyl (C=O) groups is 1. The summed E-state index contributed by atoms with van der Waals surface area (Å²) < 4.78 is 27.9. The largest absolute Gasteiger partial charge is 0.368 e. The predicted molar refractivity (Wildman–Crippen MR) is 106 cm³/mol. The number of primary amides is 1. The van der Waals surface area contributed by atoms with Crippen LogP contribution < -0.4 is 16.8 Å². The van der Waals surface area contributed by atoms with Crippen LogP contribution in [0.25, 0.3) is 22.2 Å². The molecule has 2 aromatic heterocycles. The van der Waals surface area contributed by atoms with Crippen molar-refractivity contribution in [1.82, 2.24) is 15.0 Å². The molecule has 7 nitrogen and oxygen atoms in total. The minimum Gasteiger partial charge on any atom is -0.368 e. The average Bonchev–Trinajstić information content (AvgIpc) is 3.11. The molecule has 0 aliphatic carbocycles. The molecule has 0 aliphatic rings. The smallest absolute Gasteiger partial charge is 0.248 e. The predicted octanol–water partition coefficient (Wildman–Crippen LogP) is 3.20. The Balaban J connectivity index is 1.76. The molecule has 1 amide bonds. The van der Waals surface area contributed by atoms with Gasteiger partial charge in [-0.25, -0.2) is 8.78 Å². The summed E-state index contributed by atoms with van der Waals surface area (Å²) in [5, 5.41) is 3.55. The van der Waals surface area contributed by atoms with Crippen molar-refractivity contribution in [2.75, 3.05) is 11.1 Å². The Labute approximate surface area is 163 Å². The van der Waals surface area contributed by atoms with E-state index in [0.717, 1.165) is 11.1 Å². The lowest BCUT2D eigenvalue weighted by molar-refractivity contribution is 0.100. The van der Waals surface area contributed by atoms with Crippen LogP contribution in [-0.4, -0.2) is 20.9 Å². The molecule has 0 radical (unpaired) electrons. The molecule has 0 aliphatic heterocycles. The van der Waals surface area contributed by atoms with E-state index >= 15 is 0 Å². The number of nitrogens with two attached hydrogens (primary N) is 2. The molecule has 9 heteroatoms. The molecule has 4 rings (SSSR count). The molecule has 0 saturated heterocycles. The molecule has 6 N–H and O–H groups in total. The first-order valence-corrected chi connectivity index (χ1v) is 8.65. The molecule has 0 saturated carbocycles. The topological polar surface area (TPSA) is 123 Å². The van der Waals surface area contributed by atoms with Crippen molar-refractivity contribution in [3.8, 4) is 11.1 Å². The van der Waals surface area contributed by atoms with E-state index in [1.54, 1.807) is 30.5 Å². The van der Waals surface area contributed by atoms with Gasteiger partial charge in [0.25, 0.3) is 0 Å². The SMILES string of the molecule is NC(=O)c1ccc(-c2c[nH]c3nc(N)nc(NCc4c(F)cccc4F)c23)cc1. The van der Waals surface area contributed by atoms with E-state index < -0.39 is 17.5 Å². The van der Waals surface area contributed by atoms with Gasteiger partial charge in [0.1, 0.15) is 23.1 Å². The highest BCUT2D eigenvalue weighted by molar-refractivity contribution is 6.02. The van der Waals surface area contributed by atoms with Crippen LogP contribution in [0.2, 0.25) is 0 Å². The number of aromatic nitrogens is 3. The maximum atomic E-state index is 14.0. The first-order chi connectivity index (χ1) is 13.9. The minimum atomic E-state index is -0.660. The molecule has 146 valence electrons. The summed E-state index contributed by atoms with van der Waals surface area (Å²) in [4.78, 5) is 22.7. The number of amides is 1. The third kappa shape index (κ3) is 3.45. The van der Waals surface area contributed by atoms with E-state index in [1.807, 2.05) is 0 Å². The van der Waals surface area contributed by atoms with Crippen LogP contribution >= 0.6 is 0 Å². The zero-order valence-corrected chi connectivity index (χ0v) is 15.0. The first-order valence-electron chi connectivity index (χ1n) is 8.65. The number of nitrogen functional groups attached to an aromatic ring is 1. The summed E-state index contributed by atoms with van der Waals surface area (Å²) in [6.07, 6.45) is 1.72. The van der Waals surface area contributed by atoms with Gasteiger partial charge in [0, 0.05) is 29.4 Å². The molecule has 0 spiro atoms. The number of fused-ring (bicyclic) bond motifs is 1. The minimum absolute atomic E-state index is 0.00600. The Kier molecular flexibility index (Phi) is 4.55. The first kappa shape index (κ1) is 18.4. The average molecular weight is 394 g/mol. The summed E-state index contributed by atoms with van der Waals surface area (Å²) in [6.45, 7) is -0.130. The highest BCUT2D eigenvalue weighted by Gasteiger charge is 2.16. The molecule has 29 heavy (non-hydrogen) atoms. The summed E-state index contributed by atoms with van der Waals surface area (Å²) in [6, 6.07) is 10.4. The highest BCUT2D eigenvalue weighted by atomic mass is 19.1. The second-order valence-electron chi connectivity index (χ2n) is 6.35. The van der Waals surface area contributed by atoms with Crippen LogP contribution in [0.4, 0.5) is 20.5 Å². The molecule has 4 aromatic rings. The van der Waals surface area contributed by atoms with Crippen LogP contribution in [-0.2, 0) is 6.54 Å². The maximum Gasteiger partial charge on any atom is 0.248 e. The van der Waals surface area contributed by atoms with Gasteiger partial charge < -0.3 is 21.8 Å². The highest BCUT2D eigenvalue weighted by Crippen LogP contribution is 2.33. The van der Waals surface area contributed by atoms with Gasteiger partial charge in [-0.05, 0) is 29.8 Å². The Morgan fingerprint density at radius 2 is 1.76 bits per heavy atom. The van der Waals surface area contributed by atoms with Crippen LogP contribution in [0.3, 0.4) is 0 Å². The number of hydrogen-bond donors (Lipinski definition) is 4. The van der Waals surface area contributed by atoms with Gasteiger partial charge in [-0.2, -0.15) is 9.97 Å². The number of H-pyrrole nitrogens is 1. The zero-order valence-electron chi connectivity index (χ0n) is 15.0. The van der Waals surface area contributed by atoms with Gasteiger partial charge in [-0.15, -0.1) is 0 Å².